The Hall–Kier alpha value is -5.01. The van der Waals surface area contributed by atoms with Gasteiger partial charge in [-0.3, -0.25) is 4.79 Å². The van der Waals surface area contributed by atoms with Gasteiger partial charge >= 0.3 is 24.3 Å². The molecule has 13 heteroatoms. The molecule has 2 N–H and O–H groups in total. The number of hydrogen-bond acceptors (Lipinski definition) is 7. The lowest BCUT2D eigenvalue weighted by Gasteiger charge is -2.53. The van der Waals surface area contributed by atoms with Crippen molar-refractivity contribution in [1.29, 1.82) is 0 Å². The van der Waals surface area contributed by atoms with Gasteiger partial charge in [0.1, 0.15) is 0 Å². The highest BCUT2D eigenvalue weighted by Gasteiger charge is 2.63. The second-order valence-corrected chi connectivity index (χ2v) is 17.3. The number of halogens is 6. The Morgan fingerprint density at radius 2 is 1.10 bits per heavy atom. The number of ether oxygens (including phenoxy) is 2. The number of carbonyl (C=O) groups is 3. The van der Waals surface area contributed by atoms with Gasteiger partial charge in [-0.05, 0) is 128 Å². The van der Waals surface area contributed by atoms with Gasteiger partial charge in [0.05, 0.1) is 25.3 Å². The zero-order valence-corrected chi connectivity index (χ0v) is 33.9. The maximum atomic E-state index is 13.6. The normalized spacial score (nSPS) is 28.1. The number of aliphatic hydroxyl groups is 2. The van der Waals surface area contributed by atoms with Crippen molar-refractivity contribution in [3.8, 4) is 0 Å². The van der Waals surface area contributed by atoms with Gasteiger partial charge in [-0.1, -0.05) is 72.8 Å². The Labute approximate surface area is 350 Å². The lowest BCUT2D eigenvalue weighted by Crippen LogP contribution is -2.57. The third-order valence-corrected chi connectivity index (χ3v) is 14.0. The number of benzene rings is 4. The molecule has 324 valence electrons. The number of alkyl halides is 6. The van der Waals surface area contributed by atoms with Crippen LogP contribution in [0.5, 0.6) is 0 Å². The van der Waals surface area contributed by atoms with Crippen LogP contribution in [0, 0.1) is 11.8 Å². The van der Waals surface area contributed by atoms with E-state index in [2.05, 4.69) is 0 Å². The van der Waals surface area contributed by atoms with E-state index in [4.69, 9.17) is 9.47 Å². The molecule has 0 heterocycles. The van der Waals surface area contributed by atoms with Crippen molar-refractivity contribution in [2.24, 2.45) is 11.8 Å². The number of carbonyl (C=O) groups excluding carboxylic acids is 3. The molecule has 4 aliphatic rings. The average Bonchev–Trinajstić information content (AvgIpc) is 3.24. The first-order valence-corrected chi connectivity index (χ1v) is 20.4. The highest BCUT2D eigenvalue weighted by atomic mass is 19.4. The summed E-state index contributed by atoms with van der Waals surface area (Å²) in [5, 5.41) is 20.9. The Morgan fingerprint density at radius 3 is 1.59 bits per heavy atom. The Morgan fingerprint density at radius 1 is 0.639 bits per heavy atom. The minimum Gasteiger partial charge on any atom is -0.465 e. The average molecular weight is 851 g/mol. The number of aryl methyl sites for hydroxylation is 1. The molecular formula is C48H48F6O7. The molecule has 2 saturated carbocycles. The summed E-state index contributed by atoms with van der Waals surface area (Å²) in [5.74, 6) is -2.29. The van der Waals surface area contributed by atoms with E-state index in [1.807, 2.05) is 72.8 Å². The summed E-state index contributed by atoms with van der Waals surface area (Å²) in [6.45, 7) is 0. The van der Waals surface area contributed by atoms with Crippen molar-refractivity contribution in [3.05, 3.63) is 142 Å². The van der Waals surface area contributed by atoms with Crippen molar-refractivity contribution in [1.82, 2.24) is 0 Å². The van der Waals surface area contributed by atoms with Crippen LogP contribution in [0.2, 0.25) is 0 Å². The van der Waals surface area contributed by atoms with E-state index in [0.717, 1.165) is 22.3 Å². The fourth-order valence-corrected chi connectivity index (χ4v) is 10.8. The van der Waals surface area contributed by atoms with Gasteiger partial charge in [0.25, 0.3) is 0 Å². The number of methoxy groups -OCH3 is 2. The van der Waals surface area contributed by atoms with E-state index in [9.17, 15) is 50.9 Å². The van der Waals surface area contributed by atoms with E-state index < -0.39 is 65.1 Å². The molecule has 4 aliphatic carbocycles. The van der Waals surface area contributed by atoms with E-state index in [1.165, 1.54) is 20.3 Å². The lowest BCUT2D eigenvalue weighted by molar-refractivity contribution is -0.279. The highest BCUT2D eigenvalue weighted by Crippen LogP contribution is 2.59. The van der Waals surface area contributed by atoms with Gasteiger partial charge in [0, 0.05) is 22.8 Å². The van der Waals surface area contributed by atoms with Crippen molar-refractivity contribution in [3.63, 3.8) is 0 Å². The van der Waals surface area contributed by atoms with Gasteiger partial charge in [0.2, 0.25) is 0 Å². The second-order valence-electron chi connectivity index (χ2n) is 17.3. The van der Waals surface area contributed by atoms with Crippen LogP contribution in [0.25, 0.3) is 0 Å². The van der Waals surface area contributed by atoms with Crippen LogP contribution in [-0.4, -0.2) is 65.7 Å². The molecule has 4 aromatic rings. The number of fused-ring (bicyclic) bond motifs is 6. The summed E-state index contributed by atoms with van der Waals surface area (Å²) < 4.78 is 91.3. The van der Waals surface area contributed by atoms with Crippen LogP contribution in [0.15, 0.2) is 97.1 Å². The molecule has 0 aliphatic heterocycles. The number of rotatable bonds is 6. The largest absolute Gasteiger partial charge is 0.465 e. The van der Waals surface area contributed by atoms with Crippen LogP contribution in [0.3, 0.4) is 0 Å². The fourth-order valence-electron chi connectivity index (χ4n) is 10.8. The summed E-state index contributed by atoms with van der Waals surface area (Å²) in [6, 6.07) is 29.3. The summed E-state index contributed by atoms with van der Waals surface area (Å²) in [6.07, 6.45) is -8.57. The van der Waals surface area contributed by atoms with Crippen molar-refractivity contribution in [2.75, 3.05) is 14.2 Å². The molecular weight excluding hydrogens is 803 g/mol. The summed E-state index contributed by atoms with van der Waals surface area (Å²) in [5.41, 5.74) is -1.01. The lowest BCUT2D eigenvalue weighted by atomic mass is 9.52. The standard InChI is InChI=1S/C24H23F3O4.C24H25F3O3/c1-31-21(29)16-7-8-19-18(11-16)20(28)12-17-14-23(30,24(25,26)27)10-9-22(17,19)13-15-5-3-2-4-6-15;1-30-21(28)18-8-10-20-17(13-18)7-9-19-15-23(29,24(25,26)27)12-11-22(19,20)14-16-5-3-2-4-6-16/h2-8,11,17,30H,9-10,12-14H2,1H3;2-6,8,10,13,19,29H,7,9,11-12,14-15H2,1H3/t17-,22+,23-;19-,22+,23-/m11/s1. The molecule has 61 heavy (non-hydrogen) atoms. The maximum Gasteiger partial charge on any atom is 0.417 e. The van der Waals surface area contributed by atoms with Crippen LogP contribution in [-0.2, 0) is 39.6 Å². The SMILES string of the molecule is COC(=O)c1ccc2c(c1)C(=O)C[C@@H]1C[C@@](O)(C(F)(F)F)CC[C@@]21Cc1ccccc1.COC(=O)c1ccc2c(c1)CC[C@@H]1C[C@@](O)(C(F)(F)F)CC[C@@]21Cc1ccccc1. The van der Waals surface area contributed by atoms with Crippen molar-refractivity contribution < 1.29 is 60.4 Å². The smallest absolute Gasteiger partial charge is 0.417 e. The molecule has 0 bridgehead atoms. The third kappa shape index (κ3) is 8.11. The zero-order valence-electron chi connectivity index (χ0n) is 33.9. The summed E-state index contributed by atoms with van der Waals surface area (Å²) in [7, 11) is 2.57. The molecule has 0 amide bonds. The predicted octanol–water partition coefficient (Wildman–Crippen LogP) is 9.63. The minimum absolute atomic E-state index is 0.0838. The molecule has 4 aromatic carbocycles. The van der Waals surface area contributed by atoms with E-state index >= 15 is 0 Å². The maximum absolute atomic E-state index is 13.6. The Kier molecular flexibility index (Phi) is 11.8. The van der Waals surface area contributed by atoms with Gasteiger partial charge in [-0.15, -0.1) is 0 Å². The Bertz CT molecular complexity index is 2280. The molecule has 6 atom stereocenters. The van der Waals surface area contributed by atoms with Crippen LogP contribution in [0.1, 0.15) is 110 Å². The highest BCUT2D eigenvalue weighted by molar-refractivity contribution is 6.02. The molecule has 7 nitrogen and oxygen atoms in total. The summed E-state index contributed by atoms with van der Waals surface area (Å²) >= 11 is 0. The zero-order chi connectivity index (χ0) is 44.0. The van der Waals surface area contributed by atoms with Gasteiger partial charge in [-0.2, -0.15) is 26.3 Å². The molecule has 0 radical (unpaired) electrons. The first-order chi connectivity index (χ1) is 28.8. The van der Waals surface area contributed by atoms with Gasteiger partial charge in [0.15, 0.2) is 17.0 Å². The van der Waals surface area contributed by atoms with E-state index in [1.54, 1.807) is 18.2 Å². The van der Waals surface area contributed by atoms with Crippen LogP contribution >= 0.6 is 0 Å². The molecule has 0 saturated heterocycles. The van der Waals surface area contributed by atoms with Gasteiger partial charge < -0.3 is 19.7 Å². The predicted molar refractivity (Wildman–Crippen MR) is 213 cm³/mol. The van der Waals surface area contributed by atoms with Crippen molar-refractivity contribution >= 4 is 17.7 Å². The number of hydrogen-bond donors (Lipinski definition) is 2. The quantitative estimate of drug-likeness (QED) is 0.147. The molecule has 0 aromatic heterocycles. The molecule has 0 spiro atoms. The van der Waals surface area contributed by atoms with E-state index in [-0.39, 0.29) is 49.4 Å². The number of ketones is 1. The van der Waals surface area contributed by atoms with Crippen LogP contribution < -0.4 is 0 Å². The first kappa shape index (κ1) is 44.1. The third-order valence-electron chi connectivity index (χ3n) is 14.0. The van der Waals surface area contributed by atoms with Crippen LogP contribution in [0.4, 0.5) is 26.3 Å². The summed E-state index contributed by atoms with van der Waals surface area (Å²) in [4.78, 5) is 36.9. The van der Waals surface area contributed by atoms with Crippen molar-refractivity contribution in [2.45, 2.75) is 105 Å². The minimum atomic E-state index is -4.76. The molecule has 8 rings (SSSR count). The fraction of sp³-hybridized carbons (Fsp3) is 0.438. The number of Topliss-reactive ketones (excluding diaryl/α,β-unsaturated/α-hetero) is 1. The topological polar surface area (TPSA) is 110 Å². The van der Waals surface area contributed by atoms with Gasteiger partial charge in [-0.25, -0.2) is 9.59 Å². The monoisotopic (exact) mass is 850 g/mol. The molecule has 2 fully saturated rings. The molecule has 0 unspecified atom stereocenters. The second kappa shape index (κ2) is 16.4. The Balaban J connectivity index is 0.000000184. The van der Waals surface area contributed by atoms with E-state index in [0.29, 0.717) is 42.4 Å². The number of esters is 2. The first-order valence-electron chi connectivity index (χ1n) is 20.4.